The van der Waals surface area contributed by atoms with E-state index in [0.717, 1.165) is 6.54 Å². The Hall–Kier alpha value is -0.500. The maximum absolute atomic E-state index is 3.64. The third-order valence-corrected chi connectivity index (χ3v) is 6.30. The zero-order chi connectivity index (χ0) is 11.8. The lowest BCUT2D eigenvalue weighted by molar-refractivity contribution is 0.457. The quantitative estimate of drug-likeness (QED) is 0.751. The highest BCUT2D eigenvalue weighted by molar-refractivity contribution is 9.10. The van der Waals surface area contributed by atoms with Crippen LogP contribution in [-0.4, -0.2) is 6.54 Å². The van der Waals surface area contributed by atoms with Crippen molar-refractivity contribution >= 4 is 21.6 Å². The summed E-state index contributed by atoms with van der Waals surface area (Å²) in [6.45, 7) is 10.6. The van der Waals surface area contributed by atoms with E-state index >= 15 is 0 Å². The Balaban J connectivity index is 2.23. The van der Waals surface area contributed by atoms with Crippen molar-refractivity contribution in [2.45, 2.75) is 33.1 Å². The van der Waals surface area contributed by atoms with Crippen LogP contribution in [0.1, 0.15) is 33.3 Å². The number of benzene rings is 1. The highest BCUT2D eigenvalue weighted by atomic mass is 79.9. The minimum Gasteiger partial charge on any atom is -0.383 e. The van der Waals surface area contributed by atoms with Crippen LogP contribution in [0.3, 0.4) is 0 Å². The lowest BCUT2D eigenvalue weighted by Crippen LogP contribution is -2.18. The third-order valence-electron chi connectivity index (χ3n) is 5.64. The van der Waals surface area contributed by atoms with Gasteiger partial charge in [-0.1, -0.05) is 39.8 Å². The molecule has 0 atom stereocenters. The second-order valence-electron chi connectivity index (χ2n) is 6.17. The van der Waals surface area contributed by atoms with Gasteiger partial charge in [0.25, 0.3) is 0 Å². The standard InChI is InChI=1S/C14H18BrN/c1-12(2)13(3,4)14(12)8-16-11-9(14)6-5-7-10(11)15/h5-7,16H,8H2,1-4H3. The van der Waals surface area contributed by atoms with Crippen molar-refractivity contribution in [2.24, 2.45) is 10.8 Å². The van der Waals surface area contributed by atoms with Gasteiger partial charge >= 0.3 is 0 Å². The molecule has 2 aliphatic rings. The SMILES string of the molecule is CC1(C)C(C)(C)C12CNc1c(Br)cccc12. The number of nitrogens with one attached hydrogen (secondary N) is 1. The van der Waals surface area contributed by atoms with Gasteiger partial charge in [0, 0.05) is 16.4 Å². The summed E-state index contributed by atoms with van der Waals surface area (Å²) >= 11 is 3.64. The molecule has 3 rings (SSSR count). The summed E-state index contributed by atoms with van der Waals surface area (Å²) in [5, 5.41) is 3.59. The molecule has 86 valence electrons. The van der Waals surface area contributed by atoms with Crippen molar-refractivity contribution in [3.05, 3.63) is 28.2 Å². The number of rotatable bonds is 0. The maximum atomic E-state index is 3.64. The average molecular weight is 280 g/mol. The van der Waals surface area contributed by atoms with Crippen LogP contribution < -0.4 is 5.32 Å². The summed E-state index contributed by atoms with van der Waals surface area (Å²) in [4.78, 5) is 0. The molecule has 1 fully saturated rings. The molecule has 0 radical (unpaired) electrons. The van der Waals surface area contributed by atoms with Crippen molar-refractivity contribution in [3.8, 4) is 0 Å². The Kier molecular flexibility index (Phi) is 1.77. The Morgan fingerprint density at radius 1 is 1.12 bits per heavy atom. The van der Waals surface area contributed by atoms with Crippen LogP contribution in [0, 0.1) is 10.8 Å². The van der Waals surface area contributed by atoms with E-state index in [0.29, 0.717) is 16.2 Å². The van der Waals surface area contributed by atoms with Crippen LogP contribution in [0.15, 0.2) is 22.7 Å². The van der Waals surface area contributed by atoms with Gasteiger partial charge in [-0.3, -0.25) is 0 Å². The predicted molar refractivity (Wildman–Crippen MR) is 71.9 cm³/mol. The first kappa shape index (κ1) is 10.6. The van der Waals surface area contributed by atoms with Gasteiger partial charge < -0.3 is 5.32 Å². The highest BCUT2D eigenvalue weighted by Gasteiger charge is 2.78. The first-order valence-corrected chi connectivity index (χ1v) is 6.68. The van der Waals surface area contributed by atoms with E-state index in [-0.39, 0.29) is 0 Å². The summed E-state index contributed by atoms with van der Waals surface area (Å²) in [7, 11) is 0. The van der Waals surface area contributed by atoms with Crippen LogP contribution >= 0.6 is 15.9 Å². The summed E-state index contributed by atoms with van der Waals surface area (Å²) in [6, 6.07) is 6.56. The molecule has 1 aromatic rings. The van der Waals surface area contributed by atoms with E-state index in [2.05, 4.69) is 67.1 Å². The molecule has 0 aromatic heterocycles. The number of para-hydroxylation sites is 1. The van der Waals surface area contributed by atoms with Gasteiger partial charge in [-0.15, -0.1) is 0 Å². The molecular formula is C14H18BrN. The minimum absolute atomic E-state index is 0.319. The van der Waals surface area contributed by atoms with E-state index in [1.54, 1.807) is 0 Å². The highest BCUT2D eigenvalue weighted by Crippen LogP contribution is 2.80. The van der Waals surface area contributed by atoms with E-state index in [1.165, 1.54) is 15.7 Å². The molecule has 1 saturated carbocycles. The average Bonchev–Trinajstić information content (AvgIpc) is 2.54. The molecule has 0 bridgehead atoms. The van der Waals surface area contributed by atoms with Crippen molar-refractivity contribution in [1.82, 2.24) is 0 Å². The second kappa shape index (κ2) is 2.66. The van der Waals surface area contributed by atoms with Crippen LogP contribution in [0.2, 0.25) is 0 Å². The third kappa shape index (κ3) is 0.827. The van der Waals surface area contributed by atoms with Gasteiger partial charge in [0.05, 0.1) is 5.69 Å². The molecule has 2 heteroatoms. The normalized spacial score (nSPS) is 26.3. The molecule has 0 unspecified atom stereocenters. The van der Waals surface area contributed by atoms with Crippen molar-refractivity contribution in [3.63, 3.8) is 0 Å². The smallest absolute Gasteiger partial charge is 0.0524 e. The first-order chi connectivity index (χ1) is 7.36. The minimum atomic E-state index is 0.319. The molecule has 0 saturated heterocycles. The Morgan fingerprint density at radius 3 is 2.31 bits per heavy atom. The maximum Gasteiger partial charge on any atom is 0.0524 e. The molecule has 1 aliphatic heterocycles. The van der Waals surface area contributed by atoms with Crippen LogP contribution in [0.5, 0.6) is 0 Å². The van der Waals surface area contributed by atoms with Gasteiger partial charge in [0.15, 0.2) is 0 Å². The van der Waals surface area contributed by atoms with E-state index in [4.69, 9.17) is 0 Å². The van der Waals surface area contributed by atoms with E-state index in [9.17, 15) is 0 Å². The molecule has 1 spiro atoms. The lowest BCUT2D eigenvalue weighted by atomic mass is 9.88. The molecule has 1 N–H and O–H groups in total. The van der Waals surface area contributed by atoms with Crippen molar-refractivity contribution < 1.29 is 0 Å². The van der Waals surface area contributed by atoms with Gasteiger partial charge in [-0.2, -0.15) is 0 Å². The Bertz CT molecular complexity index is 460. The van der Waals surface area contributed by atoms with Crippen LogP contribution in [-0.2, 0) is 5.41 Å². The fourth-order valence-electron chi connectivity index (χ4n) is 3.92. The number of hydrogen-bond acceptors (Lipinski definition) is 1. The number of fused-ring (bicyclic) bond motifs is 2. The zero-order valence-corrected chi connectivity index (χ0v) is 11.9. The van der Waals surface area contributed by atoms with E-state index in [1.807, 2.05) is 0 Å². The second-order valence-corrected chi connectivity index (χ2v) is 7.03. The number of anilines is 1. The molecule has 1 heterocycles. The van der Waals surface area contributed by atoms with Crippen LogP contribution in [0.25, 0.3) is 0 Å². The largest absolute Gasteiger partial charge is 0.383 e. The molecule has 0 amide bonds. The van der Waals surface area contributed by atoms with Gasteiger partial charge in [-0.25, -0.2) is 0 Å². The summed E-state index contributed by atoms with van der Waals surface area (Å²) < 4.78 is 1.19. The van der Waals surface area contributed by atoms with E-state index < -0.39 is 0 Å². The topological polar surface area (TPSA) is 12.0 Å². The molecule has 1 nitrogen and oxygen atoms in total. The molecule has 1 aromatic carbocycles. The predicted octanol–water partition coefficient (Wildman–Crippen LogP) is 4.18. The monoisotopic (exact) mass is 279 g/mol. The summed E-state index contributed by atoms with van der Waals surface area (Å²) in [5.74, 6) is 0. The van der Waals surface area contributed by atoms with Gasteiger partial charge in [-0.05, 0) is 38.4 Å². The summed E-state index contributed by atoms with van der Waals surface area (Å²) in [6.07, 6.45) is 0. The Morgan fingerprint density at radius 2 is 1.75 bits per heavy atom. The molecule has 16 heavy (non-hydrogen) atoms. The zero-order valence-electron chi connectivity index (χ0n) is 10.3. The first-order valence-electron chi connectivity index (χ1n) is 5.89. The van der Waals surface area contributed by atoms with Gasteiger partial charge in [0.2, 0.25) is 0 Å². The van der Waals surface area contributed by atoms with Crippen molar-refractivity contribution in [1.29, 1.82) is 0 Å². The lowest BCUT2D eigenvalue weighted by Gasteiger charge is -2.14. The molecular weight excluding hydrogens is 262 g/mol. The summed E-state index contributed by atoms with van der Waals surface area (Å²) in [5.41, 5.74) is 3.87. The van der Waals surface area contributed by atoms with Crippen LogP contribution in [0.4, 0.5) is 5.69 Å². The molecule has 1 aliphatic carbocycles. The number of hydrogen-bond donors (Lipinski definition) is 1. The number of halogens is 1. The fraction of sp³-hybridized carbons (Fsp3) is 0.571. The fourth-order valence-corrected chi connectivity index (χ4v) is 4.43. The Labute approximate surface area is 106 Å². The van der Waals surface area contributed by atoms with Gasteiger partial charge in [0.1, 0.15) is 0 Å². The van der Waals surface area contributed by atoms with Crippen molar-refractivity contribution in [2.75, 3.05) is 11.9 Å².